The zero-order valence-electron chi connectivity index (χ0n) is 14.8. The molecule has 0 bridgehead atoms. The van der Waals surface area contributed by atoms with Gasteiger partial charge in [-0.2, -0.15) is 14.9 Å². The fourth-order valence-corrected chi connectivity index (χ4v) is 3.23. The number of H-pyrrole nitrogens is 2. The van der Waals surface area contributed by atoms with Gasteiger partial charge in [0, 0.05) is 30.8 Å². The van der Waals surface area contributed by atoms with E-state index in [4.69, 9.17) is 0 Å². The summed E-state index contributed by atoms with van der Waals surface area (Å²) in [6, 6.07) is 3.81. The molecule has 3 aromatic heterocycles. The lowest BCUT2D eigenvalue weighted by Crippen LogP contribution is -2.38. The number of aromatic nitrogens is 8. The Labute approximate surface area is 150 Å². The van der Waals surface area contributed by atoms with Crippen LogP contribution in [-0.2, 0) is 0 Å². The minimum absolute atomic E-state index is 0.0530. The summed E-state index contributed by atoms with van der Waals surface area (Å²) in [5, 5.41) is 25.3. The number of likely N-dealkylation sites (tertiary alicyclic amines) is 1. The predicted molar refractivity (Wildman–Crippen MR) is 91.9 cm³/mol. The Kier molecular flexibility index (Phi) is 4.23. The number of amides is 1. The van der Waals surface area contributed by atoms with Crippen LogP contribution >= 0.6 is 0 Å². The van der Waals surface area contributed by atoms with E-state index in [1.165, 1.54) is 16.7 Å². The first-order valence-electron chi connectivity index (χ1n) is 8.75. The molecule has 1 aliphatic heterocycles. The molecule has 4 heterocycles. The Morgan fingerprint density at radius 2 is 2.00 bits per heavy atom. The van der Waals surface area contributed by atoms with E-state index in [0.717, 1.165) is 18.5 Å². The Bertz CT molecular complexity index is 871. The van der Waals surface area contributed by atoms with Crippen LogP contribution in [-0.4, -0.2) is 64.5 Å². The first-order valence-corrected chi connectivity index (χ1v) is 8.75. The van der Waals surface area contributed by atoms with E-state index in [2.05, 4.69) is 55.8 Å². The van der Waals surface area contributed by atoms with Gasteiger partial charge in [-0.05, 0) is 35.3 Å². The molecule has 10 nitrogen and oxygen atoms in total. The molecule has 1 saturated heterocycles. The number of carbonyl (C=O) groups excluding carboxylic acids is 1. The predicted octanol–water partition coefficient (Wildman–Crippen LogP) is 1.25. The maximum Gasteiger partial charge on any atom is 0.271 e. The van der Waals surface area contributed by atoms with E-state index in [9.17, 15) is 4.79 Å². The van der Waals surface area contributed by atoms with Crippen molar-refractivity contribution in [3.8, 4) is 5.82 Å². The highest BCUT2D eigenvalue weighted by Gasteiger charge is 2.27. The molecular formula is C16H21N9O. The van der Waals surface area contributed by atoms with Crippen molar-refractivity contribution in [1.29, 1.82) is 0 Å². The van der Waals surface area contributed by atoms with Crippen LogP contribution in [0, 0.1) is 0 Å². The number of nitrogens with one attached hydrogen (secondary N) is 2. The van der Waals surface area contributed by atoms with E-state index in [1.807, 2.05) is 4.90 Å². The van der Waals surface area contributed by atoms with E-state index >= 15 is 0 Å². The summed E-state index contributed by atoms with van der Waals surface area (Å²) in [7, 11) is 0. The number of tetrazole rings is 1. The van der Waals surface area contributed by atoms with Crippen molar-refractivity contribution >= 4 is 5.91 Å². The first kappa shape index (κ1) is 16.4. The fraction of sp³-hybridized carbons (Fsp3) is 0.500. The minimum atomic E-state index is -0.0530. The van der Waals surface area contributed by atoms with Crippen LogP contribution < -0.4 is 0 Å². The van der Waals surface area contributed by atoms with Crippen LogP contribution in [0.25, 0.3) is 5.82 Å². The summed E-state index contributed by atoms with van der Waals surface area (Å²) >= 11 is 0. The molecule has 1 aliphatic rings. The second-order valence-electron chi connectivity index (χ2n) is 6.86. The SMILES string of the molecule is CC(C)c1cc(C2CCN(C(=O)c3cc(-n4cnnn4)n[nH]3)CC2)[nH]n1. The molecule has 0 aromatic carbocycles. The highest BCUT2D eigenvalue weighted by atomic mass is 16.2. The van der Waals surface area contributed by atoms with Gasteiger partial charge in [0.1, 0.15) is 12.0 Å². The Morgan fingerprint density at radius 3 is 2.65 bits per heavy atom. The summed E-state index contributed by atoms with van der Waals surface area (Å²) in [6.07, 6.45) is 3.27. The number of nitrogens with zero attached hydrogens (tertiary/aromatic N) is 7. The summed E-state index contributed by atoms with van der Waals surface area (Å²) in [5.74, 6) is 1.27. The average Bonchev–Trinajstić information content (AvgIpc) is 3.42. The molecule has 0 saturated carbocycles. The molecule has 10 heteroatoms. The largest absolute Gasteiger partial charge is 0.337 e. The fourth-order valence-electron chi connectivity index (χ4n) is 3.23. The third-order valence-corrected chi connectivity index (χ3v) is 4.81. The highest BCUT2D eigenvalue weighted by molar-refractivity contribution is 5.92. The Hall–Kier alpha value is -3.04. The molecule has 3 aromatic rings. The van der Waals surface area contributed by atoms with E-state index in [-0.39, 0.29) is 5.91 Å². The normalized spacial score (nSPS) is 15.7. The van der Waals surface area contributed by atoms with E-state index < -0.39 is 0 Å². The lowest BCUT2D eigenvalue weighted by atomic mass is 9.93. The average molecular weight is 355 g/mol. The summed E-state index contributed by atoms with van der Waals surface area (Å²) < 4.78 is 1.41. The highest BCUT2D eigenvalue weighted by Crippen LogP contribution is 2.28. The standard InChI is InChI=1S/C16H21N9O/c1-10(2)12-7-13(19-18-12)11-3-5-24(6-4-11)16(26)14-8-15(21-20-14)25-9-17-22-23-25/h7-11H,3-6H2,1-2H3,(H,18,19)(H,20,21). The lowest BCUT2D eigenvalue weighted by molar-refractivity contribution is 0.0706. The number of piperidine rings is 1. The number of aromatic amines is 2. The summed E-state index contributed by atoms with van der Waals surface area (Å²) in [4.78, 5) is 14.5. The maximum atomic E-state index is 12.7. The van der Waals surface area contributed by atoms with Gasteiger partial charge in [0.2, 0.25) is 0 Å². The zero-order valence-corrected chi connectivity index (χ0v) is 14.8. The van der Waals surface area contributed by atoms with Crippen LogP contribution in [0.3, 0.4) is 0 Å². The minimum Gasteiger partial charge on any atom is -0.337 e. The number of carbonyl (C=O) groups is 1. The summed E-state index contributed by atoms with van der Waals surface area (Å²) in [6.45, 7) is 5.68. The van der Waals surface area contributed by atoms with E-state index in [0.29, 0.717) is 36.4 Å². The Morgan fingerprint density at radius 1 is 1.19 bits per heavy atom. The first-order chi connectivity index (χ1) is 12.6. The van der Waals surface area contributed by atoms with Gasteiger partial charge < -0.3 is 4.90 Å². The smallest absolute Gasteiger partial charge is 0.271 e. The second-order valence-corrected chi connectivity index (χ2v) is 6.86. The quantitative estimate of drug-likeness (QED) is 0.726. The molecule has 1 fully saturated rings. The lowest BCUT2D eigenvalue weighted by Gasteiger charge is -2.31. The van der Waals surface area contributed by atoms with Gasteiger partial charge in [-0.3, -0.25) is 15.0 Å². The van der Waals surface area contributed by atoms with Gasteiger partial charge in [-0.25, -0.2) is 0 Å². The van der Waals surface area contributed by atoms with E-state index in [1.54, 1.807) is 6.07 Å². The van der Waals surface area contributed by atoms with Crippen molar-refractivity contribution in [2.24, 2.45) is 0 Å². The van der Waals surface area contributed by atoms with Gasteiger partial charge in [0.05, 0.1) is 5.69 Å². The van der Waals surface area contributed by atoms with Crippen LogP contribution in [0.1, 0.15) is 60.4 Å². The van der Waals surface area contributed by atoms with Crippen molar-refractivity contribution in [2.45, 2.75) is 38.5 Å². The molecule has 1 amide bonds. The number of rotatable bonds is 4. The van der Waals surface area contributed by atoms with Gasteiger partial charge >= 0.3 is 0 Å². The Balaban J connectivity index is 1.39. The zero-order chi connectivity index (χ0) is 18.1. The monoisotopic (exact) mass is 355 g/mol. The van der Waals surface area contributed by atoms with Gasteiger partial charge in [0.15, 0.2) is 5.82 Å². The van der Waals surface area contributed by atoms with Gasteiger partial charge in [0.25, 0.3) is 5.91 Å². The third kappa shape index (κ3) is 3.09. The molecule has 0 aliphatic carbocycles. The second kappa shape index (κ2) is 6.70. The molecule has 4 rings (SSSR count). The van der Waals surface area contributed by atoms with Gasteiger partial charge in [-0.1, -0.05) is 13.8 Å². The van der Waals surface area contributed by atoms with Crippen molar-refractivity contribution in [3.05, 3.63) is 35.5 Å². The van der Waals surface area contributed by atoms with Crippen molar-refractivity contribution in [1.82, 2.24) is 45.5 Å². The van der Waals surface area contributed by atoms with Crippen molar-refractivity contribution in [3.63, 3.8) is 0 Å². The molecule has 0 spiro atoms. The third-order valence-electron chi connectivity index (χ3n) is 4.81. The molecule has 0 radical (unpaired) electrons. The molecule has 26 heavy (non-hydrogen) atoms. The number of hydrogen-bond acceptors (Lipinski definition) is 6. The topological polar surface area (TPSA) is 121 Å². The molecule has 0 unspecified atom stereocenters. The van der Waals surface area contributed by atoms with Crippen LogP contribution in [0.15, 0.2) is 18.5 Å². The van der Waals surface area contributed by atoms with Crippen LogP contribution in [0.2, 0.25) is 0 Å². The van der Waals surface area contributed by atoms with Crippen LogP contribution in [0.5, 0.6) is 0 Å². The molecule has 2 N–H and O–H groups in total. The number of hydrogen-bond donors (Lipinski definition) is 2. The molecule has 136 valence electrons. The molecular weight excluding hydrogens is 334 g/mol. The molecule has 0 atom stereocenters. The van der Waals surface area contributed by atoms with Crippen molar-refractivity contribution in [2.75, 3.05) is 13.1 Å². The maximum absolute atomic E-state index is 12.7. The van der Waals surface area contributed by atoms with Crippen LogP contribution in [0.4, 0.5) is 0 Å². The van der Waals surface area contributed by atoms with Crippen molar-refractivity contribution < 1.29 is 4.79 Å². The van der Waals surface area contributed by atoms with Gasteiger partial charge in [-0.15, -0.1) is 5.10 Å². The summed E-state index contributed by atoms with van der Waals surface area (Å²) in [5.41, 5.74) is 2.70.